The van der Waals surface area contributed by atoms with Gasteiger partial charge in [-0.2, -0.15) is 0 Å². The fourth-order valence-electron chi connectivity index (χ4n) is 4.99. The van der Waals surface area contributed by atoms with Crippen LogP contribution < -0.4 is 14.8 Å². The molecule has 0 radical (unpaired) electrons. The zero-order valence-electron chi connectivity index (χ0n) is 19.6. The van der Waals surface area contributed by atoms with Crippen molar-refractivity contribution in [2.45, 2.75) is 44.7 Å². The molecule has 0 saturated carbocycles. The highest BCUT2D eigenvalue weighted by atomic mass is 16.5. The normalized spacial score (nSPS) is 22.6. The molecule has 2 aromatic carbocycles. The first-order valence-corrected chi connectivity index (χ1v) is 12.2. The molecule has 182 valence electrons. The Bertz CT molecular complexity index is 1210. The van der Waals surface area contributed by atoms with Gasteiger partial charge in [-0.15, -0.1) is 5.10 Å². The number of hydrogen-bond acceptors (Lipinski definition) is 7. The van der Waals surface area contributed by atoms with Crippen LogP contribution in [0.15, 0.2) is 48.7 Å². The standard InChI is InChI=1S/C26H29N5O4/c32-26-20-3-1-4-22(12-20)33-9-2-8-31-14-21(28-29-31)17-35-25-16-30(15-23(25)27-26)13-18-5-6-24-19(11-18)7-10-34-24/h1,3-6,11-12,14,23,25H,2,7-10,13,15-17H2,(H,27,32)/t23-,25-/m0/s1. The van der Waals surface area contributed by atoms with E-state index >= 15 is 0 Å². The highest BCUT2D eigenvalue weighted by Crippen LogP contribution is 2.27. The van der Waals surface area contributed by atoms with Crippen LogP contribution in [-0.4, -0.2) is 64.3 Å². The second kappa shape index (κ2) is 9.67. The second-order valence-corrected chi connectivity index (χ2v) is 9.37. The molecule has 0 aliphatic carbocycles. The van der Waals surface area contributed by atoms with Crippen LogP contribution in [0.4, 0.5) is 0 Å². The van der Waals surface area contributed by atoms with E-state index in [0.29, 0.717) is 37.6 Å². The highest BCUT2D eigenvalue weighted by Gasteiger charge is 2.35. The van der Waals surface area contributed by atoms with Gasteiger partial charge in [-0.1, -0.05) is 23.4 Å². The maximum absolute atomic E-state index is 13.1. The molecule has 1 aromatic heterocycles. The van der Waals surface area contributed by atoms with Crippen LogP contribution >= 0.6 is 0 Å². The molecule has 4 bridgehead atoms. The van der Waals surface area contributed by atoms with Crippen molar-refractivity contribution in [1.29, 1.82) is 0 Å². The Balaban J connectivity index is 1.21. The zero-order valence-corrected chi connectivity index (χ0v) is 19.6. The SMILES string of the molecule is O=C1N[C@H]2CN(Cc3ccc4c(c3)CCO4)C[C@@H]2OCc2cn(nn2)CCCOc2cccc1c2. The lowest BCUT2D eigenvalue weighted by Crippen LogP contribution is -2.44. The van der Waals surface area contributed by atoms with Gasteiger partial charge in [-0.05, 0) is 35.4 Å². The summed E-state index contributed by atoms with van der Waals surface area (Å²) in [6.07, 6.45) is 3.50. The molecule has 1 fully saturated rings. The number of nitrogens with one attached hydrogen (secondary N) is 1. The Morgan fingerprint density at radius 2 is 2.06 bits per heavy atom. The van der Waals surface area contributed by atoms with Gasteiger partial charge in [0.15, 0.2) is 0 Å². The minimum atomic E-state index is -0.158. The Hall–Kier alpha value is -3.43. The van der Waals surface area contributed by atoms with Crippen LogP contribution in [0.25, 0.3) is 0 Å². The van der Waals surface area contributed by atoms with Crippen LogP contribution in [0.2, 0.25) is 0 Å². The number of likely N-dealkylation sites (tertiary alicyclic amines) is 1. The molecule has 4 heterocycles. The number of rotatable bonds is 2. The van der Waals surface area contributed by atoms with E-state index in [9.17, 15) is 4.79 Å². The van der Waals surface area contributed by atoms with Crippen molar-refractivity contribution >= 4 is 5.91 Å². The van der Waals surface area contributed by atoms with Crippen molar-refractivity contribution < 1.29 is 19.0 Å². The monoisotopic (exact) mass is 475 g/mol. The maximum atomic E-state index is 13.1. The van der Waals surface area contributed by atoms with Gasteiger partial charge in [0.2, 0.25) is 0 Å². The Labute approximate surface area is 204 Å². The summed E-state index contributed by atoms with van der Waals surface area (Å²) in [5.41, 5.74) is 3.88. The van der Waals surface area contributed by atoms with Gasteiger partial charge < -0.3 is 19.5 Å². The van der Waals surface area contributed by atoms with Crippen LogP contribution in [0.3, 0.4) is 0 Å². The fraction of sp³-hybridized carbons (Fsp3) is 0.423. The molecular formula is C26H29N5O4. The minimum Gasteiger partial charge on any atom is -0.494 e. The van der Waals surface area contributed by atoms with Crippen molar-refractivity contribution in [1.82, 2.24) is 25.2 Å². The first-order valence-electron chi connectivity index (χ1n) is 12.2. The van der Waals surface area contributed by atoms with E-state index in [-0.39, 0.29) is 18.1 Å². The van der Waals surface area contributed by atoms with Gasteiger partial charge in [0.25, 0.3) is 5.91 Å². The number of aryl methyl sites for hydroxylation is 1. The molecule has 3 aliphatic rings. The number of aromatic nitrogens is 3. The average Bonchev–Trinajstić information content (AvgIpc) is 3.60. The summed E-state index contributed by atoms with van der Waals surface area (Å²) in [6.45, 7) is 4.56. The summed E-state index contributed by atoms with van der Waals surface area (Å²) >= 11 is 0. The lowest BCUT2D eigenvalue weighted by Gasteiger charge is -2.20. The number of ether oxygens (including phenoxy) is 3. The first kappa shape index (κ1) is 22.1. The molecule has 6 rings (SSSR count). The van der Waals surface area contributed by atoms with Crippen molar-refractivity contribution in [3.05, 3.63) is 71.0 Å². The summed E-state index contributed by atoms with van der Waals surface area (Å²) in [4.78, 5) is 15.5. The Kier molecular flexibility index (Phi) is 6.10. The molecule has 3 aliphatic heterocycles. The minimum absolute atomic E-state index is 0.122. The number of fused-ring (bicyclic) bond motifs is 6. The zero-order chi connectivity index (χ0) is 23.6. The summed E-state index contributed by atoms with van der Waals surface area (Å²) in [6, 6.07) is 13.6. The summed E-state index contributed by atoms with van der Waals surface area (Å²) in [7, 11) is 0. The molecule has 1 amide bonds. The van der Waals surface area contributed by atoms with Gasteiger partial charge in [0.05, 0.1) is 38.2 Å². The van der Waals surface area contributed by atoms with E-state index in [2.05, 4.69) is 38.7 Å². The highest BCUT2D eigenvalue weighted by molar-refractivity contribution is 5.94. The third-order valence-corrected chi connectivity index (χ3v) is 6.75. The number of nitrogens with zero attached hydrogens (tertiary/aromatic N) is 4. The molecule has 1 saturated heterocycles. The number of amides is 1. The predicted molar refractivity (Wildman–Crippen MR) is 127 cm³/mol. The molecule has 2 atom stereocenters. The molecule has 0 unspecified atom stereocenters. The van der Waals surface area contributed by atoms with E-state index in [0.717, 1.165) is 44.0 Å². The van der Waals surface area contributed by atoms with Crippen molar-refractivity contribution in [2.75, 3.05) is 26.3 Å². The lowest BCUT2D eigenvalue weighted by molar-refractivity contribution is 0.0293. The molecule has 3 aromatic rings. The van der Waals surface area contributed by atoms with E-state index in [4.69, 9.17) is 14.2 Å². The lowest BCUT2D eigenvalue weighted by atomic mass is 10.1. The average molecular weight is 476 g/mol. The first-order chi connectivity index (χ1) is 17.2. The maximum Gasteiger partial charge on any atom is 0.251 e. The third kappa shape index (κ3) is 5.01. The van der Waals surface area contributed by atoms with Gasteiger partial charge in [-0.3, -0.25) is 14.4 Å². The van der Waals surface area contributed by atoms with Crippen LogP contribution in [0.5, 0.6) is 11.5 Å². The molecular weight excluding hydrogens is 446 g/mol. The fourth-order valence-corrected chi connectivity index (χ4v) is 4.99. The molecule has 9 heteroatoms. The van der Waals surface area contributed by atoms with E-state index < -0.39 is 0 Å². The number of hydrogen-bond donors (Lipinski definition) is 1. The number of carbonyl (C=O) groups is 1. The Morgan fingerprint density at radius 1 is 1.09 bits per heavy atom. The molecule has 1 N–H and O–H groups in total. The largest absolute Gasteiger partial charge is 0.494 e. The van der Waals surface area contributed by atoms with Gasteiger partial charge in [0.1, 0.15) is 17.2 Å². The van der Waals surface area contributed by atoms with Crippen LogP contribution in [0, 0.1) is 0 Å². The molecule has 9 nitrogen and oxygen atoms in total. The quantitative estimate of drug-likeness (QED) is 0.608. The topological polar surface area (TPSA) is 90.7 Å². The predicted octanol–water partition coefficient (Wildman–Crippen LogP) is 2.20. The second-order valence-electron chi connectivity index (χ2n) is 9.37. The van der Waals surface area contributed by atoms with Crippen molar-refractivity contribution in [3.8, 4) is 11.5 Å². The Morgan fingerprint density at radius 3 is 3.03 bits per heavy atom. The van der Waals surface area contributed by atoms with Crippen molar-refractivity contribution in [2.24, 2.45) is 0 Å². The van der Waals surface area contributed by atoms with Crippen LogP contribution in [-0.2, 0) is 30.9 Å². The number of carbonyl (C=O) groups excluding carboxylic acids is 1. The van der Waals surface area contributed by atoms with Crippen LogP contribution in [0.1, 0.15) is 33.6 Å². The summed E-state index contributed by atoms with van der Waals surface area (Å²) in [5, 5.41) is 11.7. The van der Waals surface area contributed by atoms with E-state index in [1.165, 1.54) is 11.1 Å². The van der Waals surface area contributed by atoms with E-state index in [1.54, 1.807) is 6.07 Å². The van der Waals surface area contributed by atoms with Gasteiger partial charge >= 0.3 is 0 Å². The smallest absolute Gasteiger partial charge is 0.251 e. The number of benzene rings is 2. The van der Waals surface area contributed by atoms with Crippen molar-refractivity contribution in [3.63, 3.8) is 0 Å². The molecule has 35 heavy (non-hydrogen) atoms. The molecule has 0 spiro atoms. The van der Waals surface area contributed by atoms with Gasteiger partial charge in [0, 0.05) is 44.6 Å². The van der Waals surface area contributed by atoms with Gasteiger partial charge in [-0.25, -0.2) is 0 Å². The third-order valence-electron chi connectivity index (χ3n) is 6.75. The summed E-state index contributed by atoms with van der Waals surface area (Å²) in [5.74, 6) is 1.55. The van der Waals surface area contributed by atoms with E-state index in [1.807, 2.05) is 29.1 Å². The summed E-state index contributed by atoms with van der Waals surface area (Å²) < 4.78 is 19.6.